The van der Waals surface area contributed by atoms with Crippen molar-refractivity contribution in [2.45, 2.75) is 32.7 Å². The number of nitrogens with one attached hydrogen (secondary N) is 1. The maximum atomic E-state index is 5.88. The molecule has 0 aliphatic rings. The van der Waals surface area contributed by atoms with Gasteiger partial charge in [0.05, 0.1) is 12.6 Å². The third kappa shape index (κ3) is 3.84. The highest BCUT2D eigenvalue weighted by atomic mass is 16.5. The van der Waals surface area contributed by atoms with Gasteiger partial charge in [0.1, 0.15) is 11.3 Å². The van der Waals surface area contributed by atoms with Crippen molar-refractivity contribution in [2.24, 2.45) is 5.92 Å². The highest BCUT2D eigenvalue weighted by Crippen LogP contribution is 2.24. The Labute approximate surface area is 121 Å². The van der Waals surface area contributed by atoms with Crippen molar-refractivity contribution in [3.05, 3.63) is 36.1 Å². The summed E-state index contributed by atoms with van der Waals surface area (Å²) in [5.74, 6) is 1.56. The Morgan fingerprint density at radius 1 is 1.25 bits per heavy atom. The van der Waals surface area contributed by atoms with Crippen molar-refractivity contribution in [1.29, 1.82) is 0 Å². The molecule has 1 heterocycles. The number of benzene rings is 1. The number of hydrogen-bond acceptors (Lipinski definition) is 3. The number of ether oxygens (including phenoxy) is 1. The first-order valence-electron chi connectivity index (χ1n) is 7.48. The van der Waals surface area contributed by atoms with Gasteiger partial charge in [-0.25, -0.2) is 0 Å². The average molecular weight is 275 g/mol. The summed E-state index contributed by atoms with van der Waals surface area (Å²) in [5.41, 5.74) is 0.933. The van der Waals surface area contributed by atoms with Gasteiger partial charge in [-0.15, -0.1) is 0 Å². The number of fused-ring (bicyclic) bond motifs is 1. The SMILES string of the molecule is CCCC(C)COCC(NC)c1cc2ccccc2o1. The van der Waals surface area contributed by atoms with E-state index in [1.165, 1.54) is 12.8 Å². The molecular formula is C17H25NO2. The summed E-state index contributed by atoms with van der Waals surface area (Å²) in [4.78, 5) is 0. The molecular weight excluding hydrogens is 250 g/mol. The van der Waals surface area contributed by atoms with Crippen LogP contribution in [0.5, 0.6) is 0 Å². The van der Waals surface area contributed by atoms with E-state index in [4.69, 9.17) is 9.15 Å². The fourth-order valence-corrected chi connectivity index (χ4v) is 2.45. The highest BCUT2D eigenvalue weighted by Gasteiger charge is 2.15. The average Bonchev–Trinajstić information content (AvgIpc) is 2.87. The van der Waals surface area contributed by atoms with Crippen molar-refractivity contribution in [3.8, 4) is 0 Å². The van der Waals surface area contributed by atoms with E-state index in [-0.39, 0.29) is 6.04 Å². The standard InChI is InChI=1S/C17H25NO2/c1-4-7-13(2)11-19-12-15(18-3)17-10-14-8-5-6-9-16(14)20-17/h5-6,8-10,13,15,18H,4,7,11-12H2,1-3H3. The first kappa shape index (κ1) is 15.1. The van der Waals surface area contributed by atoms with Gasteiger partial charge in [0, 0.05) is 12.0 Å². The summed E-state index contributed by atoms with van der Waals surface area (Å²) < 4.78 is 11.7. The quantitative estimate of drug-likeness (QED) is 0.786. The fraction of sp³-hybridized carbons (Fsp3) is 0.529. The molecule has 110 valence electrons. The van der Waals surface area contributed by atoms with Crippen molar-refractivity contribution in [2.75, 3.05) is 20.3 Å². The second-order valence-corrected chi connectivity index (χ2v) is 5.46. The number of likely N-dealkylation sites (N-methyl/N-ethyl adjacent to an activating group) is 1. The van der Waals surface area contributed by atoms with E-state index in [2.05, 4.69) is 31.3 Å². The Hall–Kier alpha value is -1.32. The molecule has 2 aromatic rings. The smallest absolute Gasteiger partial charge is 0.134 e. The topological polar surface area (TPSA) is 34.4 Å². The van der Waals surface area contributed by atoms with Gasteiger partial charge in [-0.2, -0.15) is 0 Å². The lowest BCUT2D eigenvalue weighted by molar-refractivity contribution is 0.0806. The van der Waals surface area contributed by atoms with Crippen LogP contribution in [-0.2, 0) is 4.74 Å². The second kappa shape index (κ2) is 7.46. The van der Waals surface area contributed by atoms with Crippen LogP contribution >= 0.6 is 0 Å². The molecule has 0 aliphatic carbocycles. The molecule has 0 saturated heterocycles. The van der Waals surface area contributed by atoms with Gasteiger partial charge in [0.2, 0.25) is 0 Å². The maximum Gasteiger partial charge on any atom is 0.134 e. The maximum absolute atomic E-state index is 5.88. The van der Waals surface area contributed by atoms with E-state index in [0.717, 1.165) is 23.3 Å². The predicted octanol–water partition coefficient (Wildman–Crippen LogP) is 4.15. The summed E-state index contributed by atoms with van der Waals surface area (Å²) in [7, 11) is 1.94. The second-order valence-electron chi connectivity index (χ2n) is 5.46. The monoisotopic (exact) mass is 275 g/mol. The Kier molecular flexibility index (Phi) is 5.62. The van der Waals surface area contributed by atoms with Crippen LogP contribution in [-0.4, -0.2) is 20.3 Å². The van der Waals surface area contributed by atoms with Crippen LogP contribution in [0.15, 0.2) is 34.7 Å². The van der Waals surface area contributed by atoms with E-state index < -0.39 is 0 Å². The van der Waals surface area contributed by atoms with E-state index in [0.29, 0.717) is 12.5 Å². The lowest BCUT2D eigenvalue weighted by atomic mass is 10.1. The Morgan fingerprint density at radius 2 is 2.05 bits per heavy atom. The summed E-state index contributed by atoms with van der Waals surface area (Å²) in [5, 5.41) is 4.41. The molecule has 3 heteroatoms. The minimum absolute atomic E-state index is 0.108. The molecule has 2 unspecified atom stereocenters. The summed E-state index contributed by atoms with van der Waals surface area (Å²) >= 11 is 0. The largest absolute Gasteiger partial charge is 0.459 e. The fourth-order valence-electron chi connectivity index (χ4n) is 2.45. The molecule has 0 fully saturated rings. The number of furan rings is 1. The van der Waals surface area contributed by atoms with Crippen LogP contribution in [0.25, 0.3) is 11.0 Å². The van der Waals surface area contributed by atoms with Crippen molar-refractivity contribution >= 4 is 11.0 Å². The molecule has 1 N–H and O–H groups in total. The molecule has 0 spiro atoms. The molecule has 2 rings (SSSR count). The highest BCUT2D eigenvalue weighted by molar-refractivity contribution is 5.77. The zero-order valence-electron chi connectivity index (χ0n) is 12.7. The van der Waals surface area contributed by atoms with E-state index in [1.807, 2.05) is 25.2 Å². The molecule has 0 saturated carbocycles. The molecule has 2 atom stereocenters. The van der Waals surface area contributed by atoms with Gasteiger partial charge >= 0.3 is 0 Å². The predicted molar refractivity (Wildman–Crippen MR) is 82.9 cm³/mol. The summed E-state index contributed by atoms with van der Waals surface area (Å²) in [6.07, 6.45) is 2.43. The number of rotatable bonds is 8. The van der Waals surface area contributed by atoms with Crippen LogP contribution in [0.4, 0.5) is 0 Å². The van der Waals surface area contributed by atoms with Crippen LogP contribution in [0.2, 0.25) is 0 Å². The van der Waals surface area contributed by atoms with E-state index >= 15 is 0 Å². The molecule has 0 bridgehead atoms. The molecule has 0 radical (unpaired) electrons. The summed E-state index contributed by atoms with van der Waals surface area (Å²) in [6, 6.07) is 10.3. The lowest BCUT2D eigenvalue weighted by Gasteiger charge is -2.16. The van der Waals surface area contributed by atoms with Crippen LogP contribution < -0.4 is 5.32 Å². The first-order chi connectivity index (χ1) is 9.74. The Balaban J connectivity index is 1.94. The molecule has 3 nitrogen and oxygen atoms in total. The van der Waals surface area contributed by atoms with Gasteiger partial charge < -0.3 is 14.5 Å². The number of hydrogen-bond donors (Lipinski definition) is 1. The van der Waals surface area contributed by atoms with E-state index in [1.54, 1.807) is 0 Å². The molecule has 1 aromatic heterocycles. The van der Waals surface area contributed by atoms with Gasteiger partial charge in [-0.1, -0.05) is 38.5 Å². The Bertz CT molecular complexity index is 487. The normalized spacial score (nSPS) is 14.6. The van der Waals surface area contributed by atoms with Gasteiger partial charge in [0.25, 0.3) is 0 Å². The zero-order valence-corrected chi connectivity index (χ0v) is 12.7. The summed E-state index contributed by atoms with van der Waals surface area (Å²) in [6.45, 7) is 5.90. The minimum Gasteiger partial charge on any atom is -0.459 e. The number of para-hydroxylation sites is 1. The van der Waals surface area contributed by atoms with Crippen LogP contribution in [0.1, 0.15) is 38.5 Å². The van der Waals surface area contributed by atoms with Gasteiger partial charge in [-0.05, 0) is 31.5 Å². The van der Waals surface area contributed by atoms with Crippen molar-refractivity contribution in [1.82, 2.24) is 5.32 Å². The van der Waals surface area contributed by atoms with Crippen LogP contribution in [0.3, 0.4) is 0 Å². The third-order valence-electron chi connectivity index (χ3n) is 3.60. The van der Waals surface area contributed by atoms with E-state index in [9.17, 15) is 0 Å². The van der Waals surface area contributed by atoms with Crippen LogP contribution in [0, 0.1) is 5.92 Å². The van der Waals surface area contributed by atoms with Crippen molar-refractivity contribution in [3.63, 3.8) is 0 Å². The molecule has 0 amide bonds. The molecule has 20 heavy (non-hydrogen) atoms. The van der Waals surface area contributed by atoms with Gasteiger partial charge in [0.15, 0.2) is 0 Å². The zero-order chi connectivity index (χ0) is 14.4. The molecule has 1 aromatic carbocycles. The Morgan fingerprint density at radius 3 is 2.75 bits per heavy atom. The third-order valence-corrected chi connectivity index (χ3v) is 3.60. The lowest BCUT2D eigenvalue weighted by Crippen LogP contribution is -2.22. The first-order valence-corrected chi connectivity index (χ1v) is 7.48. The molecule has 0 aliphatic heterocycles. The van der Waals surface area contributed by atoms with Gasteiger partial charge in [-0.3, -0.25) is 0 Å². The van der Waals surface area contributed by atoms with Crippen molar-refractivity contribution < 1.29 is 9.15 Å². The minimum atomic E-state index is 0.108.